The molecule has 0 saturated heterocycles. The summed E-state index contributed by atoms with van der Waals surface area (Å²) in [6, 6.07) is 2.48. The van der Waals surface area contributed by atoms with Crippen LogP contribution in [0.3, 0.4) is 0 Å². The van der Waals surface area contributed by atoms with E-state index in [9.17, 15) is 0 Å². The molecule has 4 saturated carbocycles. The predicted molar refractivity (Wildman–Crippen MR) is 87.1 cm³/mol. The molecule has 0 spiro atoms. The first-order valence-corrected chi connectivity index (χ1v) is 10.2. The van der Waals surface area contributed by atoms with Gasteiger partial charge in [-0.2, -0.15) is 11.8 Å². The van der Waals surface area contributed by atoms with E-state index in [4.69, 9.17) is 0 Å². The maximum Gasteiger partial charge on any atom is 0.0305 e. The highest BCUT2D eigenvalue weighted by Gasteiger charge is 2.50. The van der Waals surface area contributed by atoms with Gasteiger partial charge in [-0.05, 0) is 67.9 Å². The van der Waals surface area contributed by atoms with Crippen molar-refractivity contribution in [3.05, 3.63) is 21.4 Å². The normalized spacial score (nSPS) is 41.3. The van der Waals surface area contributed by atoms with E-state index < -0.39 is 0 Å². The van der Waals surface area contributed by atoms with Crippen LogP contribution in [0.15, 0.2) is 6.07 Å². The van der Waals surface area contributed by atoms with E-state index in [0.29, 0.717) is 5.54 Å². The van der Waals surface area contributed by atoms with E-state index in [1.165, 1.54) is 30.8 Å². The number of rotatable bonds is 3. The Morgan fingerprint density at radius 2 is 1.75 bits per heavy atom. The fraction of sp³-hybridized carbons (Fsp3) is 0.765. The molecule has 4 bridgehead atoms. The molecular weight excluding hydrogens is 282 g/mol. The van der Waals surface area contributed by atoms with Crippen molar-refractivity contribution in [1.29, 1.82) is 0 Å². The highest BCUT2D eigenvalue weighted by atomic mass is 32.2. The van der Waals surface area contributed by atoms with E-state index in [1.54, 1.807) is 34.6 Å². The van der Waals surface area contributed by atoms with Gasteiger partial charge in [-0.25, -0.2) is 0 Å². The van der Waals surface area contributed by atoms with Crippen LogP contribution in [0.25, 0.3) is 0 Å². The maximum atomic E-state index is 4.04. The third kappa shape index (κ3) is 2.00. The minimum Gasteiger partial charge on any atom is -0.306 e. The van der Waals surface area contributed by atoms with Gasteiger partial charge < -0.3 is 5.32 Å². The van der Waals surface area contributed by atoms with Gasteiger partial charge in [0.2, 0.25) is 0 Å². The SMILES string of the molecule is c1c(CNC23CC4CC(CC(C4)C2)C3)sc2c1CSC2. The Morgan fingerprint density at radius 3 is 2.40 bits per heavy atom. The van der Waals surface area contributed by atoms with E-state index in [1.807, 2.05) is 0 Å². The molecule has 6 rings (SSSR count). The van der Waals surface area contributed by atoms with Crippen LogP contribution in [0, 0.1) is 17.8 Å². The second kappa shape index (κ2) is 4.50. The molecular formula is C17H23NS2. The predicted octanol–water partition coefficient (Wildman–Crippen LogP) is 4.55. The molecule has 1 N–H and O–H groups in total. The molecule has 0 atom stereocenters. The number of hydrogen-bond donors (Lipinski definition) is 1. The van der Waals surface area contributed by atoms with Crippen molar-refractivity contribution in [2.24, 2.45) is 17.8 Å². The largest absolute Gasteiger partial charge is 0.306 e. The zero-order valence-electron chi connectivity index (χ0n) is 12.0. The second-order valence-electron chi connectivity index (χ2n) is 7.71. The molecule has 1 nitrogen and oxygen atoms in total. The molecule has 0 amide bonds. The molecule has 1 aliphatic heterocycles. The lowest BCUT2D eigenvalue weighted by Crippen LogP contribution is -2.58. The standard InChI is InChI=1S/C17H23NS2/c1-11-2-13-3-12(1)6-17(5-11,7-13)18-8-15-4-14-9-19-10-16(14)20-15/h4,11-13,18H,1-3,5-10H2. The van der Waals surface area contributed by atoms with Crippen molar-refractivity contribution in [2.75, 3.05) is 0 Å². The molecule has 0 radical (unpaired) electrons. The Labute approximate surface area is 129 Å². The molecule has 1 aromatic heterocycles. The van der Waals surface area contributed by atoms with Gasteiger partial charge in [0, 0.05) is 33.3 Å². The molecule has 20 heavy (non-hydrogen) atoms. The molecule has 0 unspecified atom stereocenters. The lowest BCUT2D eigenvalue weighted by atomic mass is 9.53. The first kappa shape index (κ1) is 12.5. The molecule has 0 aromatic carbocycles. The van der Waals surface area contributed by atoms with Gasteiger partial charge in [0.1, 0.15) is 0 Å². The summed E-state index contributed by atoms with van der Waals surface area (Å²) in [6.45, 7) is 1.13. The minimum atomic E-state index is 0.526. The van der Waals surface area contributed by atoms with Crippen molar-refractivity contribution in [3.63, 3.8) is 0 Å². The van der Waals surface area contributed by atoms with Gasteiger partial charge in [-0.3, -0.25) is 0 Å². The van der Waals surface area contributed by atoms with Crippen molar-refractivity contribution in [2.45, 2.75) is 62.1 Å². The number of thiophene rings is 1. The van der Waals surface area contributed by atoms with E-state index >= 15 is 0 Å². The summed E-state index contributed by atoms with van der Waals surface area (Å²) >= 11 is 4.14. The first-order valence-electron chi connectivity index (χ1n) is 8.21. The summed E-state index contributed by atoms with van der Waals surface area (Å²) in [5, 5.41) is 4.04. The summed E-state index contributed by atoms with van der Waals surface area (Å²) < 4.78 is 0. The molecule has 3 heteroatoms. The summed E-state index contributed by atoms with van der Waals surface area (Å²) in [5.74, 6) is 5.68. The monoisotopic (exact) mass is 305 g/mol. The highest BCUT2D eigenvalue weighted by Crippen LogP contribution is 2.55. The summed E-state index contributed by atoms with van der Waals surface area (Å²) in [4.78, 5) is 3.24. The summed E-state index contributed by atoms with van der Waals surface area (Å²) in [6.07, 6.45) is 9.06. The van der Waals surface area contributed by atoms with Crippen LogP contribution in [0.2, 0.25) is 0 Å². The first-order chi connectivity index (χ1) is 9.78. The van der Waals surface area contributed by atoms with Crippen molar-refractivity contribution < 1.29 is 0 Å². The maximum absolute atomic E-state index is 4.04. The number of fused-ring (bicyclic) bond motifs is 1. The van der Waals surface area contributed by atoms with Gasteiger partial charge in [-0.1, -0.05) is 0 Å². The molecule has 108 valence electrons. The van der Waals surface area contributed by atoms with Gasteiger partial charge in [0.25, 0.3) is 0 Å². The minimum absolute atomic E-state index is 0.526. The third-order valence-electron chi connectivity index (χ3n) is 6.11. The summed E-state index contributed by atoms with van der Waals surface area (Å²) in [5.41, 5.74) is 2.15. The van der Waals surface area contributed by atoms with Gasteiger partial charge in [0.05, 0.1) is 0 Å². The highest BCUT2D eigenvalue weighted by molar-refractivity contribution is 7.98. The third-order valence-corrected chi connectivity index (χ3v) is 8.48. The second-order valence-corrected chi connectivity index (χ2v) is 9.91. The van der Waals surface area contributed by atoms with Crippen molar-refractivity contribution in [1.82, 2.24) is 5.32 Å². The average molecular weight is 306 g/mol. The van der Waals surface area contributed by atoms with Crippen molar-refractivity contribution >= 4 is 23.1 Å². The number of hydrogen-bond acceptors (Lipinski definition) is 3. The molecule has 2 heterocycles. The van der Waals surface area contributed by atoms with Crippen LogP contribution in [-0.4, -0.2) is 5.54 Å². The quantitative estimate of drug-likeness (QED) is 0.879. The van der Waals surface area contributed by atoms with Gasteiger partial charge in [-0.15, -0.1) is 11.3 Å². The van der Waals surface area contributed by atoms with Gasteiger partial charge >= 0.3 is 0 Å². The van der Waals surface area contributed by atoms with E-state index in [2.05, 4.69) is 34.5 Å². The average Bonchev–Trinajstić information content (AvgIpc) is 2.95. The van der Waals surface area contributed by atoms with Crippen LogP contribution >= 0.6 is 23.1 Å². The van der Waals surface area contributed by atoms with E-state index in [0.717, 1.165) is 24.3 Å². The zero-order valence-corrected chi connectivity index (χ0v) is 13.6. The fourth-order valence-electron chi connectivity index (χ4n) is 5.71. The Balaban J connectivity index is 1.31. The van der Waals surface area contributed by atoms with Gasteiger partial charge in [0.15, 0.2) is 0 Å². The van der Waals surface area contributed by atoms with Crippen molar-refractivity contribution in [3.8, 4) is 0 Å². The fourth-order valence-corrected chi connectivity index (χ4v) is 8.17. The number of nitrogens with one attached hydrogen (secondary N) is 1. The van der Waals surface area contributed by atoms with Crippen LogP contribution in [-0.2, 0) is 18.1 Å². The lowest BCUT2D eigenvalue weighted by Gasteiger charge is -2.57. The Morgan fingerprint density at radius 1 is 1.05 bits per heavy atom. The Bertz CT molecular complexity index is 476. The van der Waals surface area contributed by atoms with Crippen LogP contribution in [0.4, 0.5) is 0 Å². The lowest BCUT2D eigenvalue weighted by molar-refractivity contribution is -0.0204. The zero-order chi connectivity index (χ0) is 13.2. The van der Waals surface area contributed by atoms with Crippen LogP contribution in [0.5, 0.6) is 0 Å². The van der Waals surface area contributed by atoms with Crippen LogP contribution in [0.1, 0.15) is 53.8 Å². The Kier molecular flexibility index (Phi) is 2.82. The Hall–Kier alpha value is 0.0100. The topological polar surface area (TPSA) is 12.0 Å². The molecule has 4 aliphatic carbocycles. The van der Waals surface area contributed by atoms with Crippen LogP contribution < -0.4 is 5.32 Å². The number of thioether (sulfide) groups is 1. The molecule has 4 fully saturated rings. The smallest absolute Gasteiger partial charge is 0.0305 e. The molecule has 1 aromatic rings. The molecule has 5 aliphatic rings. The summed E-state index contributed by atoms with van der Waals surface area (Å²) in [7, 11) is 0. The van der Waals surface area contributed by atoms with E-state index in [-0.39, 0.29) is 0 Å².